The van der Waals surface area contributed by atoms with E-state index >= 15 is 0 Å². The Morgan fingerprint density at radius 1 is 1.25 bits per heavy atom. The van der Waals surface area contributed by atoms with Crippen molar-refractivity contribution in [2.75, 3.05) is 0 Å². The maximum atomic E-state index is 14.2. The molecular formula is C17H20F2O. The van der Waals surface area contributed by atoms with Crippen LogP contribution in [-0.4, -0.2) is 12.0 Å². The second-order valence-corrected chi connectivity index (χ2v) is 6.46. The molecule has 0 N–H and O–H groups in total. The molecule has 0 amide bonds. The van der Waals surface area contributed by atoms with Gasteiger partial charge in [0.25, 0.3) is 0 Å². The first-order valence-electron chi connectivity index (χ1n) is 7.46. The monoisotopic (exact) mass is 278 g/mol. The molecule has 2 aliphatic carbocycles. The molecule has 20 heavy (non-hydrogen) atoms. The average molecular weight is 278 g/mol. The molecule has 0 radical (unpaired) electrons. The van der Waals surface area contributed by atoms with E-state index in [0.717, 1.165) is 37.7 Å². The third-order valence-electron chi connectivity index (χ3n) is 5.15. The van der Waals surface area contributed by atoms with E-state index in [-0.39, 0.29) is 23.9 Å². The zero-order valence-corrected chi connectivity index (χ0v) is 11.8. The largest absolute Gasteiger partial charge is 0.296 e. The SMILES string of the molecule is Cc1cc(C2CC(F)C(=O)C3(CCCC3)C2)ccc1F. The number of Topliss-reactive ketones (excluding diaryl/α,β-unsaturated/α-hetero) is 1. The predicted octanol–water partition coefficient (Wildman–Crippen LogP) is 4.48. The maximum absolute atomic E-state index is 14.2. The lowest BCUT2D eigenvalue weighted by atomic mass is 9.65. The van der Waals surface area contributed by atoms with Gasteiger partial charge in [-0.05, 0) is 55.7 Å². The lowest BCUT2D eigenvalue weighted by molar-refractivity contribution is -0.137. The van der Waals surface area contributed by atoms with Crippen LogP contribution in [0.1, 0.15) is 55.6 Å². The summed E-state index contributed by atoms with van der Waals surface area (Å²) in [6, 6.07) is 5.01. The number of hydrogen-bond acceptors (Lipinski definition) is 1. The molecule has 0 aliphatic heterocycles. The number of carbonyl (C=O) groups is 1. The molecule has 0 aromatic heterocycles. The van der Waals surface area contributed by atoms with Gasteiger partial charge >= 0.3 is 0 Å². The van der Waals surface area contributed by atoms with Crippen molar-refractivity contribution in [1.82, 2.24) is 0 Å². The van der Waals surface area contributed by atoms with Crippen LogP contribution in [0.5, 0.6) is 0 Å². The number of rotatable bonds is 1. The zero-order valence-electron chi connectivity index (χ0n) is 11.8. The van der Waals surface area contributed by atoms with Gasteiger partial charge in [-0.25, -0.2) is 8.78 Å². The Bertz CT molecular complexity index is 532. The first-order valence-corrected chi connectivity index (χ1v) is 7.46. The Labute approximate surface area is 118 Å². The van der Waals surface area contributed by atoms with E-state index in [1.54, 1.807) is 13.0 Å². The van der Waals surface area contributed by atoms with Gasteiger partial charge in [-0.15, -0.1) is 0 Å². The Balaban J connectivity index is 1.90. The van der Waals surface area contributed by atoms with Gasteiger partial charge in [0.05, 0.1) is 0 Å². The van der Waals surface area contributed by atoms with E-state index in [2.05, 4.69) is 0 Å². The molecule has 2 aliphatic rings. The van der Waals surface area contributed by atoms with E-state index in [9.17, 15) is 13.6 Å². The van der Waals surface area contributed by atoms with E-state index in [1.165, 1.54) is 6.07 Å². The summed E-state index contributed by atoms with van der Waals surface area (Å²) in [6.07, 6.45) is 3.33. The van der Waals surface area contributed by atoms with Crippen LogP contribution >= 0.6 is 0 Å². The number of halogens is 2. The summed E-state index contributed by atoms with van der Waals surface area (Å²) in [4.78, 5) is 12.2. The average Bonchev–Trinajstić information content (AvgIpc) is 2.88. The maximum Gasteiger partial charge on any atom is 0.173 e. The lowest BCUT2D eigenvalue weighted by Crippen LogP contribution is -2.42. The zero-order chi connectivity index (χ0) is 14.3. The fourth-order valence-corrected chi connectivity index (χ4v) is 4.02. The lowest BCUT2D eigenvalue weighted by Gasteiger charge is -2.38. The molecule has 1 aromatic carbocycles. The Hall–Kier alpha value is -1.25. The van der Waals surface area contributed by atoms with Crippen LogP contribution in [-0.2, 0) is 4.79 Å². The molecule has 108 valence electrons. The number of ketones is 1. The molecule has 2 fully saturated rings. The van der Waals surface area contributed by atoms with Crippen LogP contribution in [0, 0.1) is 18.2 Å². The van der Waals surface area contributed by atoms with Gasteiger partial charge in [0.2, 0.25) is 0 Å². The van der Waals surface area contributed by atoms with Gasteiger partial charge in [-0.3, -0.25) is 4.79 Å². The highest BCUT2D eigenvalue weighted by molar-refractivity contribution is 5.90. The minimum absolute atomic E-state index is 0.0418. The highest BCUT2D eigenvalue weighted by Gasteiger charge is 2.49. The van der Waals surface area contributed by atoms with Crippen molar-refractivity contribution in [1.29, 1.82) is 0 Å². The van der Waals surface area contributed by atoms with Gasteiger partial charge < -0.3 is 0 Å². The normalized spacial score (nSPS) is 29.1. The molecule has 2 atom stereocenters. The first kappa shape index (κ1) is 13.7. The second-order valence-electron chi connectivity index (χ2n) is 6.46. The van der Waals surface area contributed by atoms with Gasteiger partial charge in [0.1, 0.15) is 5.82 Å². The molecule has 0 saturated heterocycles. The Morgan fingerprint density at radius 3 is 2.60 bits per heavy atom. The summed E-state index contributed by atoms with van der Waals surface area (Å²) in [5, 5.41) is 0. The Kier molecular flexibility index (Phi) is 3.39. The number of carbonyl (C=O) groups excluding carboxylic acids is 1. The highest BCUT2D eigenvalue weighted by atomic mass is 19.1. The molecular weight excluding hydrogens is 258 g/mol. The number of hydrogen-bond donors (Lipinski definition) is 0. The quantitative estimate of drug-likeness (QED) is 0.740. The van der Waals surface area contributed by atoms with Crippen LogP contribution in [0.2, 0.25) is 0 Å². The molecule has 2 saturated carbocycles. The van der Waals surface area contributed by atoms with Gasteiger partial charge in [0.15, 0.2) is 12.0 Å². The van der Waals surface area contributed by atoms with Crippen molar-refractivity contribution in [3.63, 3.8) is 0 Å². The molecule has 3 rings (SSSR count). The summed E-state index contributed by atoms with van der Waals surface area (Å²) in [5.74, 6) is -0.363. The summed E-state index contributed by atoms with van der Waals surface area (Å²) in [5.41, 5.74) is 1.13. The molecule has 1 spiro atoms. The fraction of sp³-hybridized carbons (Fsp3) is 0.588. The van der Waals surface area contributed by atoms with E-state index in [0.29, 0.717) is 5.56 Å². The van der Waals surface area contributed by atoms with E-state index in [1.807, 2.05) is 6.07 Å². The molecule has 0 heterocycles. The number of benzene rings is 1. The predicted molar refractivity (Wildman–Crippen MR) is 73.9 cm³/mol. The summed E-state index contributed by atoms with van der Waals surface area (Å²) in [6.45, 7) is 1.73. The minimum Gasteiger partial charge on any atom is -0.296 e. The molecule has 3 heteroatoms. The van der Waals surface area contributed by atoms with Crippen molar-refractivity contribution in [3.8, 4) is 0 Å². The summed E-state index contributed by atoms with van der Waals surface area (Å²) < 4.78 is 27.5. The molecule has 2 unspecified atom stereocenters. The topological polar surface area (TPSA) is 17.1 Å². The van der Waals surface area contributed by atoms with Gasteiger partial charge in [0, 0.05) is 5.41 Å². The molecule has 1 nitrogen and oxygen atoms in total. The Morgan fingerprint density at radius 2 is 1.95 bits per heavy atom. The summed E-state index contributed by atoms with van der Waals surface area (Å²) in [7, 11) is 0. The van der Waals surface area contributed by atoms with E-state index in [4.69, 9.17) is 0 Å². The molecule has 1 aromatic rings. The van der Waals surface area contributed by atoms with Gasteiger partial charge in [-0.2, -0.15) is 0 Å². The van der Waals surface area contributed by atoms with Crippen molar-refractivity contribution in [3.05, 3.63) is 35.1 Å². The van der Waals surface area contributed by atoms with Crippen LogP contribution < -0.4 is 0 Å². The van der Waals surface area contributed by atoms with E-state index < -0.39 is 11.6 Å². The standard InChI is InChI=1S/C17H20F2O/c1-11-8-12(4-5-14(11)18)13-9-15(19)16(20)17(10-13)6-2-3-7-17/h4-5,8,13,15H,2-3,6-7,9-10H2,1H3. The smallest absolute Gasteiger partial charge is 0.173 e. The van der Waals surface area contributed by atoms with Crippen LogP contribution in [0.4, 0.5) is 8.78 Å². The fourth-order valence-electron chi connectivity index (χ4n) is 4.02. The molecule has 0 bridgehead atoms. The highest BCUT2D eigenvalue weighted by Crippen LogP contribution is 2.51. The van der Waals surface area contributed by atoms with Gasteiger partial charge in [-0.1, -0.05) is 25.0 Å². The van der Waals surface area contributed by atoms with Crippen molar-refractivity contribution >= 4 is 5.78 Å². The van der Waals surface area contributed by atoms with Crippen molar-refractivity contribution < 1.29 is 13.6 Å². The second kappa shape index (κ2) is 4.94. The summed E-state index contributed by atoms with van der Waals surface area (Å²) >= 11 is 0. The van der Waals surface area contributed by atoms with Crippen molar-refractivity contribution in [2.24, 2.45) is 5.41 Å². The first-order chi connectivity index (χ1) is 9.52. The number of alkyl halides is 1. The van der Waals surface area contributed by atoms with Crippen LogP contribution in [0.15, 0.2) is 18.2 Å². The van der Waals surface area contributed by atoms with Crippen LogP contribution in [0.25, 0.3) is 0 Å². The number of aryl methyl sites for hydroxylation is 1. The van der Waals surface area contributed by atoms with Crippen molar-refractivity contribution in [2.45, 2.75) is 57.5 Å². The van der Waals surface area contributed by atoms with Crippen LogP contribution in [0.3, 0.4) is 0 Å². The third-order valence-corrected chi connectivity index (χ3v) is 5.15. The minimum atomic E-state index is -1.35. The third kappa shape index (κ3) is 2.17.